The van der Waals surface area contributed by atoms with Crippen LogP contribution >= 0.6 is 0 Å². The van der Waals surface area contributed by atoms with E-state index in [0.717, 1.165) is 0 Å². The quantitative estimate of drug-likeness (QED) is 0.501. The molecular formula is C10H11N3O5. The van der Waals surface area contributed by atoms with Gasteiger partial charge < -0.3 is 21.1 Å². The number of H-pyrrole nitrogens is 1. The highest BCUT2D eigenvalue weighted by molar-refractivity contribution is 5.96. The normalized spacial score (nSPS) is 11.6. The van der Waals surface area contributed by atoms with E-state index in [1.165, 1.54) is 18.2 Å². The molecule has 5 N–H and O–H groups in total. The summed E-state index contributed by atoms with van der Waals surface area (Å²) in [6.07, 6.45) is -0.530. The smallest absolute Gasteiger partial charge is 0.326 e. The predicted molar refractivity (Wildman–Crippen MR) is 59.8 cm³/mol. The Morgan fingerprint density at radius 1 is 1.39 bits per heavy atom. The lowest BCUT2D eigenvalue weighted by molar-refractivity contribution is -0.140. The lowest BCUT2D eigenvalue weighted by Gasteiger charge is -2.12. The van der Waals surface area contributed by atoms with Crippen molar-refractivity contribution in [1.82, 2.24) is 10.3 Å². The van der Waals surface area contributed by atoms with Crippen LogP contribution in [0.25, 0.3) is 0 Å². The number of rotatable bonds is 5. The third kappa shape index (κ3) is 3.74. The number of nitrogens with one attached hydrogen (secondary N) is 2. The molecule has 0 saturated heterocycles. The number of carbonyl (C=O) groups excluding carboxylic acids is 2. The Morgan fingerprint density at radius 2 is 2.06 bits per heavy atom. The van der Waals surface area contributed by atoms with E-state index in [0.29, 0.717) is 0 Å². The monoisotopic (exact) mass is 253 g/mol. The van der Waals surface area contributed by atoms with Gasteiger partial charge in [0.15, 0.2) is 0 Å². The molecular weight excluding hydrogens is 242 g/mol. The minimum Gasteiger partial charge on any atom is -0.480 e. The van der Waals surface area contributed by atoms with Crippen LogP contribution in [-0.4, -0.2) is 33.9 Å². The van der Waals surface area contributed by atoms with Crippen LogP contribution in [0.15, 0.2) is 23.0 Å². The second kappa shape index (κ2) is 5.62. The van der Waals surface area contributed by atoms with Gasteiger partial charge in [-0.25, -0.2) is 4.79 Å². The Kier molecular flexibility index (Phi) is 4.19. The van der Waals surface area contributed by atoms with Gasteiger partial charge in [0.25, 0.3) is 5.91 Å². The van der Waals surface area contributed by atoms with E-state index in [9.17, 15) is 19.2 Å². The predicted octanol–water partition coefficient (Wildman–Crippen LogP) is -1.57. The Morgan fingerprint density at radius 3 is 2.56 bits per heavy atom. The molecule has 8 nitrogen and oxygen atoms in total. The number of aliphatic carboxylic acids is 1. The van der Waals surface area contributed by atoms with Gasteiger partial charge in [0.2, 0.25) is 11.5 Å². The number of aromatic amines is 1. The molecule has 2 amide bonds. The second-order valence-electron chi connectivity index (χ2n) is 3.46. The number of hydrogen-bond donors (Lipinski definition) is 4. The van der Waals surface area contributed by atoms with Crippen LogP contribution in [0.5, 0.6) is 0 Å². The summed E-state index contributed by atoms with van der Waals surface area (Å²) in [7, 11) is 0. The van der Waals surface area contributed by atoms with Crippen molar-refractivity contribution in [1.29, 1.82) is 0 Å². The van der Waals surface area contributed by atoms with E-state index < -0.39 is 35.8 Å². The van der Waals surface area contributed by atoms with Crippen LogP contribution in [-0.2, 0) is 9.59 Å². The molecule has 0 fully saturated rings. The van der Waals surface area contributed by atoms with E-state index in [2.05, 4.69) is 10.3 Å². The van der Waals surface area contributed by atoms with Gasteiger partial charge in [-0.2, -0.15) is 0 Å². The topological polar surface area (TPSA) is 142 Å². The van der Waals surface area contributed by atoms with Crippen LogP contribution in [0.4, 0.5) is 0 Å². The number of carboxylic acids is 1. The van der Waals surface area contributed by atoms with Crippen molar-refractivity contribution in [2.45, 2.75) is 12.5 Å². The first-order chi connectivity index (χ1) is 8.40. The number of carboxylic acid groups (broad SMARTS) is 1. The largest absolute Gasteiger partial charge is 0.480 e. The van der Waals surface area contributed by atoms with Crippen molar-refractivity contribution in [3.05, 3.63) is 34.2 Å². The summed E-state index contributed by atoms with van der Waals surface area (Å²) in [5.74, 6) is -3.05. The van der Waals surface area contributed by atoms with Crippen molar-refractivity contribution in [3.63, 3.8) is 0 Å². The zero-order chi connectivity index (χ0) is 13.7. The second-order valence-corrected chi connectivity index (χ2v) is 3.46. The lowest BCUT2D eigenvalue weighted by Crippen LogP contribution is -2.43. The third-order valence-corrected chi connectivity index (χ3v) is 2.02. The molecule has 1 rings (SSSR count). The summed E-state index contributed by atoms with van der Waals surface area (Å²) in [6, 6.07) is 2.42. The molecule has 1 aromatic heterocycles. The van der Waals surface area contributed by atoms with Gasteiger partial charge in [-0.3, -0.25) is 14.4 Å². The van der Waals surface area contributed by atoms with Crippen LogP contribution in [0.1, 0.15) is 16.9 Å². The Labute approximate surface area is 101 Å². The zero-order valence-electron chi connectivity index (χ0n) is 9.17. The summed E-state index contributed by atoms with van der Waals surface area (Å²) in [6.45, 7) is 0. The molecule has 0 radical (unpaired) electrons. The molecule has 96 valence electrons. The molecule has 0 aliphatic heterocycles. The van der Waals surface area contributed by atoms with Crippen molar-refractivity contribution in [3.8, 4) is 0 Å². The Hall–Kier alpha value is -2.64. The van der Waals surface area contributed by atoms with Crippen molar-refractivity contribution in [2.75, 3.05) is 0 Å². The number of nitrogens with two attached hydrogens (primary N) is 1. The third-order valence-electron chi connectivity index (χ3n) is 2.02. The number of primary amides is 1. The minimum absolute atomic E-state index is 0.0989. The molecule has 1 heterocycles. The van der Waals surface area contributed by atoms with E-state index in [-0.39, 0.29) is 5.69 Å². The van der Waals surface area contributed by atoms with Gasteiger partial charge in [0.05, 0.1) is 6.42 Å². The maximum Gasteiger partial charge on any atom is 0.326 e. The number of amides is 2. The molecule has 0 unspecified atom stereocenters. The Bertz CT molecular complexity index is 536. The summed E-state index contributed by atoms with van der Waals surface area (Å²) >= 11 is 0. The molecule has 1 atom stereocenters. The zero-order valence-corrected chi connectivity index (χ0v) is 9.17. The Balaban J connectivity index is 2.81. The van der Waals surface area contributed by atoms with Crippen LogP contribution in [0.3, 0.4) is 0 Å². The summed E-state index contributed by atoms with van der Waals surface area (Å²) in [4.78, 5) is 46.2. The van der Waals surface area contributed by atoms with Gasteiger partial charge in [-0.1, -0.05) is 6.07 Å². The van der Waals surface area contributed by atoms with Gasteiger partial charge in [0, 0.05) is 6.07 Å². The van der Waals surface area contributed by atoms with Gasteiger partial charge in [-0.05, 0) is 6.07 Å². The summed E-state index contributed by atoms with van der Waals surface area (Å²) in [5, 5.41) is 10.9. The summed E-state index contributed by atoms with van der Waals surface area (Å²) < 4.78 is 0. The number of aromatic nitrogens is 1. The fourth-order valence-corrected chi connectivity index (χ4v) is 1.22. The van der Waals surface area contributed by atoms with Crippen LogP contribution in [0, 0.1) is 0 Å². The lowest BCUT2D eigenvalue weighted by atomic mass is 10.2. The SMILES string of the molecule is NC(=O)C[C@H](NC(=O)c1cccc(=O)[nH]1)C(=O)O. The maximum absolute atomic E-state index is 11.6. The molecule has 1 aromatic rings. The van der Waals surface area contributed by atoms with E-state index in [1.54, 1.807) is 0 Å². The molecule has 0 aliphatic carbocycles. The molecule has 0 bridgehead atoms. The summed E-state index contributed by atoms with van der Waals surface area (Å²) in [5.41, 5.74) is 4.26. The first-order valence-corrected chi connectivity index (χ1v) is 4.91. The van der Waals surface area contributed by atoms with E-state index in [4.69, 9.17) is 10.8 Å². The average molecular weight is 253 g/mol. The van der Waals surface area contributed by atoms with E-state index in [1.807, 2.05) is 0 Å². The number of pyridine rings is 1. The highest BCUT2D eigenvalue weighted by Crippen LogP contribution is 1.96. The minimum atomic E-state index is -1.43. The fraction of sp³-hybridized carbons (Fsp3) is 0.200. The van der Waals surface area contributed by atoms with Crippen molar-refractivity contribution in [2.24, 2.45) is 5.73 Å². The van der Waals surface area contributed by atoms with Gasteiger partial charge >= 0.3 is 5.97 Å². The molecule has 0 spiro atoms. The van der Waals surface area contributed by atoms with Crippen molar-refractivity contribution < 1.29 is 19.5 Å². The first-order valence-electron chi connectivity index (χ1n) is 4.91. The number of hydrogen-bond acceptors (Lipinski definition) is 4. The number of carbonyl (C=O) groups is 3. The molecule has 0 aromatic carbocycles. The first kappa shape index (κ1) is 13.4. The fourth-order valence-electron chi connectivity index (χ4n) is 1.22. The van der Waals surface area contributed by atoms with E-state index >= 15 is 0 Å². The molecule has 0 aliphatic rings. The highest BCUT2D eigenvalue weighted by atomic mass is 16.4. The van der Waals surface area contributed by atoms with Crippen LogP contribution in [0.2, 0.25) is 0 Å². The van der Waals surface area contributed by atoms with Gasteiger partial charge in [0.1, 0.15) is 11.7 Å². The molecule has 0 saturated carbocycles. The highest BCUT2D eigenvalue weighted by Gasteiger charge is 2.22. The van der Waals surface area contributed by atoms with Crippen molar-refractivity contribution >= 4 is 17.8 Å². The molecule has 8 heteroatoms. The maximum atomic E-state index is 11.6. The van der Waals surface area contributed by atoms with Gasteiger partial charge in [-0.15, -0.1) is 0 Å². The van der Waals surface area contributed by atoms with Crippen LogP contribution < -0.4 is 16.6 Å². The molecule has 18 heavy (non-hydrogen) atoms. The standard InChI is InChI=1S/C10H11N3O5/c11-7(14)4-6(10(17)18)13-9(16)5-2-1-3-8(15)12-5/h1-3,6H,4H2,(H2,11,14)(H,12,15)(H,13,16)(H,17,18)/t6-/m0/s1. The average Bonchev–Trinajstić information content (AvgIpc) is 2.27.